The Balaban J connectivity index is 2.53. The molecule has 0 saturated heterocycles. The van der Waals surface area contributed by atoms with Gasteiger partial charge in [-0.05, 0) is 42.5 Å². The average molecular weight is 382 g/mol. The Labute approximate surface area is 140 Å². The van der Waals surface area contributed by atoms with Crippen LogP contribution in [-0.4, -0.2) is 13.2 Å². The molecule has 0 bridgehead atoms. The van der Waals surface area contributed by atoms with Gasteiger partial charge in [0.25, 0.3) is 0 Å². The molecule has 118 valence electrons. The number of hydrogen-bond acceptors (Lipinski definition) is 2. The molecule has 2 rings (SSSR count). The average Bonchev–Trinajstić information content (AvgIpc) is 2.46. The molecular weight excluding hydrogens is 362 g/mol. The zero-order valence-electron chi connectivity index (χ0n) is 12.7. The van der Waals surface area contributed by atoms with E-state index in [0.29, 0.717) is 6.42 Å². The maximum Gasteiger partial charge on any atom is 0.214 e. The maximum atomic E-state index is 11.8. The Kier molecular flexibility index (Phi) is 5.10. The van der Waals surface area contributed by atoms with Crippen LogP contribution >= 0.6 is 15.9 Å². The predicted molar refractivity (Wildman–Crippen MR) is 95.4 cm³/mol. The number of halogens is 1. The highest BCUT2D eigenvalue weighted by atomic mass is 79.9. The molecule has 2 aromatic carbocycles. The Morgan fingerprint density at radius 1 is 1.09 bits per heavy atom. The van der Waals surface area contributed by atoms with Crippen LogP contribution < -0.4 is 5.14 Å². The fourth-order valence-electron chi connectivity index (χ4n) is 2.34. The minimum absolute atomic E-state index is 0.372. The second kappa shape index (κ2) is 6.52. The van der Waals surface area contributed by atoms with Gasteiger partial charge in [0.1, 0.15) is 0 Å². The van der Waals surface area contributed by atoms with Gasteiger partial charge in [0.15, 0.2) is 0 Å². The molecule has 5 heteroatoms. The summed E-state index contributed by atoms with van der Waals surface area (Å²) in [6, 6.07) is 16.1. The van der Waals surface area contributed by atoms with Crippen LogP contribution in [0.1, 0.15) is 25.0 Å². The van der Waals surface area contributed by atoms with Gasteiger partial charge in [0.2, 0.25) is 10.0 Å². The molecule has 0 spiro atoms. The van der Waals surface area contributed by atoms with Crippen LogP contribution in [0.25, 0.3) is 11.1 Å². The van der Waals surface area contributed by atoms with E-state index >= 15 is 0 Å². The minimum atomic E-state index is -3.63. The van der Waals surface area contributed by atoms with Crippen LogP contribution in [0, 0.1) is 0 Å². The number of benzene rings is 2. The molecule has 2 N–H and O–H groups in total. The van der Waals surface area contributed by atoms with Gasteiger partial charge in [-0.15, -0.1) is 0 Å². The van der Waals surface area contributed by atoms with Crippen molar-refractivity contribution in [2.24, 2.45) is 5.14 Å². The van der Waals surface area contributed by atoms with Gasteiger partial charge in [-0.1, -0.05) is 64.5 Å². The summed E-state index contributed by atoms with van der Waals surface area (Å²) < 4.78 is 22.6. The monoisotopic (exact) mass is 381 g/mol. The first-order valence-electron chi connectivity index (χ1n) is 7.00. The lowest BCUT2D eigenvalue weighted by atomic mass is 9.92. The summed E-state index contributed by atoms with van der Waals surface area (Å²) in [6.07, 6.45) is 0.372. The van der Waals surface area contributed by atoms with Crippen molar-refractivity contribution >= 4 is 26.0 Å². The van der Waals surface area contributed by atoms with Crippen molar-refractivity contribution in [2.45, 2.75) is 30.3 Å². The molecule has 0 aliphatic rings. The highest BCUT2D eigenvalue weighted by Gasteiger charge is 2.32. The van der Waals surface area contributed by atoms with Gasteiger partial charge in [-0.3, -0.25) is 0 Å². The molecule has 22 heavy (non-hydrogen) atoms. The Morgan fingerprint density at radius 3 is 2.27 bits per heavy atom. The van der Waals surface area contributed by atoms with E-state index < -0.39 is 14.8 Å². The number of hydrogen-bond donors (Lipinski definition) is 1. The SMILES string of the molecule is CC(C)(Cc1cc(CBr)ccc1-c1ccccc1)S(N)(=O)=O. The maximum absolute atomic E-state index is 11.8. The second-order valence-electron chi connectivity index (χ2n) is 5.97. The number of alkyl halides is 1. The Bertz CT molecular complexity index is 755. The smallest absolute Gasteiger partial charge is 0.214 e. The first-order chi connectivity index (χ1) is 10.2. The minimum Gasteiger partial charge on any atom is -0.228 e. The van der Waals surface area contributed by atoms with Crippen molar-refractivity contribution in [3.05, 3.63) is 59.7 Å². The van der Waals surface area contributed by atoms with Gasteiger partial charge in [0.05, 0.1) is 4.75 Å². The highest BCUT2D eigenvalue weighted by Crippen LogP contribution is 2.30. The highest BCUT2D eigenvalue weighted by molar-refractivity contribution is 9.08. The van der Waals surface area contributed by atoms with E-state index in [1.54, 1.807) is 13.8 Å². The van der Waals surface area contributed by atoms with Crippen LogP contribution in [0.4, 0.5) is 0 Å². The fraction of sp³-hybridized carbons (Fsp3) is 0.294. The normalized spacial score (nSPS) is 12.4. The van der Waals surface area contributed by atoms with Crippen LogP contribution in [-0.2, 0) is 21.8 Å². The zero-order chi connectivity index (χ0) is 16.4. The molecule has 0 unspecified atom stereocenters. The standard InChI is InChI=1S/C17H20BrNO2S/c1-17(2,22(19,20)21)11-15-10-13(12-18)8-9-16(15)14-6-4-3-5-7-14/h3-10H,11-12H2,1-2H3,(H2,19,20,21). The molecular formula is C17H20BrNO2S. The second-order valence-corrected chi connectivity index (χ2v) is 8.73. The summed E-state index contributed by atoms with van der Waals surface area (Å²) in [7, 11) is -3.63. The molecule has 0 fully saturated rings. The molecule has 2 aromatic rings. The van der Waals surface area contributed by atoms with E-state index in [4.69, 9.17) is 5.14 Å². The van der Waals surface area contributed by atoms with Gasteiger partial charge in [-0.2, -0.15) is 0 Å². The molecule has 0 radical (unpaired) electrons. The van der Waals surface area contributed by atoms with E-state index in [1.165, 1.54) is 0 Å². The molecule has 0 atom stereocenters. The van der Waals surface area contributed by atoms with E-state index in [0.717, 1.165) is 27.6 Å². The van der Waals surface area contributed by atoms with Crippen LogP contribution in [0.3, 0.4) is 0 Å². The van der Waals surface area contributed by atoms with E-state index in [-0.39, 0.29) is 0 Å². The lowest BCUT2D eigenvalue weighted by Gasteiger charge is -2.24. The van der Waals surface area contributed by atoms with Crippen molar-refractivity contribution in [3.8, 4) is 11.1 Å². The van der Waals surface area contributed by atoms with E-state index in [9.17, 15) is 8.42 Å². The first-order valence-corrected chi connectivity index (χ1v) is 9.67. The van der Waals surface area contributed by atoms with Gasteiger partial charge in [0, 0.05) is 5.33 Å². The lowest BCUT2D eigenvalue weighted by Crippen LogP contribution is -2.39. The predicted octanol–water partition coefficient (Wildman–Crippen LogP) is 3.86. The van der Waals surface area contributed by atoms with Crippen molar-refractivity contribution in [2.75, 3.05) is 0 Å². The van der Waals surface area contributed by atoms with Crippen LogP contribution in [0.15, 0.2) is 48.5 Å². The summed E-state index contributed by atoms with van der Waals surface area (Å²) in [4.78, 5) is 0. The van der Waals surface area contributed by atoms with Crippen molar-refractivity contribution in [1.29, 1.82) is 0 Å². The zero-order valence-corrected chi connectivity index (χ0v) is 15.1. The topological polar surface area (TPSA) is 60.2 Å². The lowest BCUT2D eigenvalue weighted by molar-refractivity contribution is 0.545. The number of nitrogens with two attached hydrogens (primary N) is 1. The van der Waals surface area contributed by atoms with Crippen LogP contribution in [0.2, 0.25) is 0 Å². The fourth-order valence-corrected chi connectivity index (χ4v) is 3.04. The molecule has 0 heterocycles. The third kappa shape index (κ3) is 3.77. The van der Waals surface area contributed by atoms with Gasteiger partial charge < -0.3 is 0 Å². The van der Waals surface area contributed by atoms with Crippen LogP contribution in [0.5, 0.6) is 0 Å². The third-order valence-electron chi connectivity index (χ3n) is 3.80. The van der Waals surface area contributed by atoms with E-state index in [1.807, 2.05) is 48.5 Å². The van der Waals surface area contributed by atoms with Gasteiger partial charge >= 0.3 is 0 Å². The number of rotatable bonds is 5. The molecule has 3 nitrogen and oxygen atoms in total. The summed E-state index contributed by atoms with van der Waals surface area (Å²) >= 11 is 3.45. The molecule has 0 aliphatic heterocycles. The molecule has 0 aliphatic carbocycles. The summed E-state index contributed by atoms with van der Waals surface area (Å²) in [6.45, 7) is 3.33. The third-order valence-corrected chi connectivity index (χ3v) is 6.13. The summed E-state index contributed by atoms with van der Waals surface area (Å²) in [5, 5.41) is 6.11. The molecule has 0 saturated carbocycles. The van der Waals surface area contributed by atoms with Crippen molar-refractivity contribution < 1.29 is 8.42 Å². The summed E-state index contributed by atoms with van der Waals surface area (Å²) in [5.41, 5.74) is 4.22. The quantitative estimate of drug-likeness (QED) is 0.799. The molecule has 0 amide bonds. The summed E-state index contributed by atoms with van der Waals surface area (Å²) in [5.74, 6) is 0. The largest absolute Gasteiger partial charge is 0.228 e. The first kappa shape index (κ1) is 17.2. The van der Waals surface area contributed by atoms with Crippen molar-refractivity contribution in [3.63, 3.8) is 0 Å². The van der Waals surface area contributed by atoms with Gasteiger partial charge in [-0.25, -0.2) is 13.6 Å². The van der Waals surface area contributed by atoms with Crippen molar-refractivity contribution in [1.82, 2.24) is 0 Å². The Hall–Kier alpha value is -1.17. The number of primary sulfonamides is 1. The Morgan fingerprint density at radius 2 is 1.73 bits per heavy atom. The molecule has 0 aromatic heterocycles. The number of sulfonamides is 1. The van der Waals surface area contributed by atoms with E-state index in [2.05, 4.69) is 15.9 Å².